The van der Waals surface area contributed by atoms with Crippen molar-refractivity contribution >= 4 is 0 Å². The van der Waals surface area contributed by atoms with E-state index in [9.17, 15) is 5.11 Å². The van der Waals surface area contributed by atoms with Crippen molar-refractivity contribution in [1.29, 1.82) is 0 Å². The van der Waals surface area contributed by atoms with Crippen LogP contribution in [0.15, 0.2) is 0 Å². The molecule has 0 amide bonds. The van der Waals surface area contributed by atoms with Crippen LogP contribution in [0.4, 0.5) is 0 Å². The molecule has 0 radical (unpaired) electrons. The third-order valence-corrected chi connectivity index (χ3v) is 2.72. The summed E-state index contributed by atoms with van der Waals surface area (Å²) in [7, 11) is 0. The molecule has 0 bridgehead atoms. The summed E-state index contributed by atoms with van der Waals surface area (Å²) in [5, 5.41) is 12.8. The molecule has 2 aliphatic heterocycles. The number of nitrogens with zero attached hydrogens (tertiary/aromatic N) is 1. The largest absolute Gasteiger partial charge is 0.392 e. The van der Waals surface area contributed by atoms with E-state index in [1.807, 2.05) is 0 Å². The number of piperazine rings is 1. The minimum atomic E-state index is -0.0768. The summed E-state index contributed by atoms with van der Waals surface area (Å²) in [6.45, 7) is 5.23. The summed E-state index contributed by atoms with van der Waals surface area (Å²) in [5.41, 5.74) is 0. The maximum atomic E-state index is 9.38. The Morgan fingerprint density at radius 2 is 2.27 bits per heavy atom. The van der Waals surface area contributed by atoms with Crippen molar-refractivity contribution in [2.24, 2.45) is 0 Å². The van der Waals surface area contributed by atoms with Gasteiger partial charge in [0.05, 0.1) is 6.10 Å². The zero-order valence-electron chi connectivity index (χ0n) is 6.95. The number of hydrogen-bond donors (Lipinski definition) is 2. The number of aliphatic hydroxyl groups is 1. The van der Waals surface area contributed by atoms with Crippen LogP contribution in [0.2, 0.25) is 0 Å². The average molecular weight is 156 g/mol. The predicted octanol–water partition coefficient (Wildman–Crippen LogP) is -0.587. The summed E-state index contributed by atoms with van der Waals surface area (Å²) in [5.74, 6) is 0. The van der Waals surface area contributed by atoms with Crippen LogP contribution in [-0.4, -0.2) is 47.8 Å². The molecule has 3 heteroatoms. The van der Waals surface area contributed by atoms with Crippen molar-refractivity contribution < 1.29 is 5.11 Å². The fourth-order valence-corrected chi connectivity index (χ4v) is 2.15. The molecule has 0 aromatic heterocycles. The van der Waals surface area contributed by atoms with Crippen molar-refractivity contribution in [3.63, 3.8) is 0 Å². The number of nitrogens with one attached hydrogen (secondary N) is 1. The van der Waals surface area contributed by atoms with Gasteiger partial charge in [-0.05, 0) is 13.3 Å². The van der Waals surface area contributed by atoms with Gasteiger partial charge in [0.1, 0.15) is 0 Å². The molecule has 3 atom stereocenters. The molecule has 11 heavy (non-hydrogen) atoms. The van der Waals surface area contributed by atoms with Gasteiger partial charge in [0.2, 0.25) is 0 Å². The van der Waals surface area contributed by atoms with Gasteiger partial charge in [0.25, 0.3) is 0 Å². The van der Waals surface area contributed by atoms with Crippen molar-refractivity contribution in [3.8, 4) is 0 Å². The molecule has 0 unspecified atom stereocenters. The van der Waals surface area contributed by atoms with Crippen molar-refractivity contribution in [1.82, 2.24) is 10.2 Å². The topological polar surface area (TPSA) is 35.5 Å². The van der Waals surface area contributed by atoms with E-state index >= 15 is 0 Å². The zero-order valence-corrected chi connectivity index (χ0v) is 6.95. The summed E-state index contributed by atoms with van der Waals surface area (Å²) < 4.78 is 0. The van der Waals surface area contributed by atoms with Crippen LogP contribution in [-0.2, 0) is 0 Å². The van der Waals surface area contributed by atoms with E-state index in [1.54, 1.807) is 0 Å². The Balaban J connectivity index is 1.97. The van der Waals surface area contributed by atoms with E-state index in [0.29, 0.717) is 12.1 Å². The van der Waals surface area contributed by atoms with Gasteiger partial charge < -0.3 is 10.4 Å². The Morgan fingerprint density at radius 1 is 1.45 bits per heavy atom. The number of hydrogen-bond acceptors (Lipinski definition) is 3. The monoisotopic (exact) mass is 156 g/mol. The standard InChI is InChI=1S/C8H16N2O/c1-6-4-10-5-8(11)2-7(10)3-9-6/h6-9,11H,2-5H2,1H3/t6-,7-,8+/m0/s1. The lowest BCUT2D eigenvalue weighted by atomic mass is 10.1. The van der Waals surface area contributed by atoms with Crippen LogP contribution in [0.1, 0.15) is 13.3 Å². The third kappa shape index (κ3) is 1.41. The Labute approximate surface area is 67.4 Å². The summed E-state index contributed by atoms with van der Waals surface area (Å²) in [6, 6.07) is 1.19. The SMILES string of the molecule is C[C@H]1CN2C[C@H](O)C[C@H]2CN1. The normalized spacial score (nSPS) is 45.8. The van der Waals surface area contributed by atoms with Crippen LogP contribution in [0.3, 0.4) is 0 Å². The fourth-order valence-electron chi connectivity index (χ4n) is 2.15. The average Bonchev–Trinajstić information content (AvgIpc) is 2.27. The molecule has 0 aliphatic carbocycles. The van der Waals surface area contributed by atoms with Crippen LogP contribution in [0, 0.1) is 0 Å². The number of fused-ring (bicyclic) bond motifs is 1. The highest BCUT2D eigenvalue weighted by Crippen LogP contribution is 2.19. The van der Waals surface area contributed by atoms with Gasteiger partial charge in [-0.3, -0.25) is 4.90 Å². The first kappa shape index (κ1) is 7.53. The van der Waals surface area contributed by atoms with Crippen LogP contribution in [0.25, 0.3) is 0 Å². The Morgan fingerprint density at radius 3 is 3.09 bits per heavy atom. The van der Waals surface area contributed by atoms with Gasteiger partial charge >= 0.3 is 0 Å². The Bertz CT molecular complexity index is 151. The third-order valence-electron chi connectivity index (χ3n) is 2.72. The van der Waals surface area contributed by atoms with E-state index in [4.69, 9.17) is 0 Å². The molecule has 2 rings (SSSR count). The summed E-state index contributed by atoms with van der Waals surface area (Å²) >= 11 is 0. The van der Waals surface area contributed by atoms with Gasteiger partial charge in [-0.25, -0.2) is 0 Å². The first-order valence-electron chi connectivity index (χ1n) is 4.41. The quantitative estimate of drug-likeness (QED) is 0.492. The van der Waals surface area contributed by atoms with E-state index < -0.39 is 0 Å². The molecule has 0 aromatic carbocycles. The lowest BCUT2D eigenvalue weighted by molar-refractivity contribution is 0.157. The van der Waals surface area contributed by atoms with Gasteiger partial charge in [0, 0.05) is 31.7 Å². The maximum Gasteiger partial charge on any atom is 0.0682 e. The molecular weight excluding hydrogens is 140 g/mol. The highest BCUT2D eigenvalue weighted by molar-refractivity contribution is 4.92. The van der Waals surface area contributed by atoms with Gasteiger partial charge in [-0.1, -0.05) is 0 Å². The molecule has 2 aliphatic rings. The van der Waals surface area contributed by atoms with E-state index in [0.717, 1.165) is 26.1 Å². The van der Waals surface area contributed by atoms with Crippen LogP contribution < -0.4 is 5.32 Å². The predicted molar refractivity (Wildman–Crippen MR) is 43.4 cm³/mol. The van der Waals surface area contributed by atoms with Crippen molar-refractivity contribution in [2.45, 2.75) is 31.5 Å². The van der Waals surface area contributed by atoms with Gasteiger partial charge in [-0.15, -0.1) is 0 Å². The number of aliphatic hydroxyl groups excluding tert-OH is 1. The summed E-state index contributed by atoms with van der Waals surface area (Å²) in [4.78, 5) is 2.39. The molecule has 0 aromatic rings. The smallest absolute Gasteiger partial charge is 0.0682 e. The van der Waals surface area contributed by atoms with Crippen molar-refractivity contribution in [3.05, 3.63) is 0 Å². The Kier molecular flexibility index (Phi) is 1.87. The lowest BCUT2D eigenvalue weighted by Crippen LogP contribution is -2.52. The van der Waals surface area contributed by atoms with Crippen LogP contribution in [0.5, 0.6) is 0 Å². The van der Waals surface area contributed by atoms with Gasteiger partial charge in [0.15, 0.2) is 0 Å². The number of rotatable bonds is 0. The molecular formula is C8H16N2O. The van der Waals surface area contributed by atoms with E-state index in [2.05, 4.69) is 17.1 Å². The molecule has 64 valence electrons. The summed E-state index contributed by atoms with van der Waals surface area (Å²) in [6.07, 6.45) is 0.881. The molecule has 0 saturated carbocycles. The molecule has 0 spiro atoms. The first-order valence-corrected chi connectivity index (χ1v) is 4.41. The molecule has 3 nitrogen and oxygen atoms in total. The molecule has 2 fully saturated rings. The zero-order chi connectivity index (χ0) is 7.84. The second-order valence-corrected chi connectivity index (χ2v) is 3.81. The highest BCUT2D eigenvalue weighted by atomic mass is 16.3. The maximum absolute atomic E-state index is 9.38. The molecule has 2 heterocycles. The minimum Gasteiger partial charge on any atom is -0.392 e. The van der Waals surface area contributed by atoms with Crippen LogP contribution >= 0.6 is 0 Å². The Hall–Kier alpha value is -0.120. The second kappa shape index (κ2) is 2.73. The highest BCUT2D eigenvalue weighted by Gasteiger charge is 2.34. The fraction of sp³-hybridized carbons (Fsp3) is 1.00. The lowest BCUT2D eigenvalue weighted by Gasteiger charge is -2.33. The minimum absolute atomic E-state index is 0.0768. The van der Waals surface area contributed by atoms with Gasteiger partial charge in [-0.2, -0.15) is 0 Å². The second-order valence-electron chi connectivity index (χ2n) is 3.81. The van der Waals surface area contributed by atoms with E-state index in [-0.39, 0.29) is 6.10 Å². The van der Waals surface area contributed by atoms with E-state index in [1.165, 1.54) is 0 Å². The first-order chi connectivity index (χ1) is 5.25. The van der Waals surface area contributed by atoms with Crippen molar-refractivity contribution in [2.75, 3.05) is 19.6 Å². The molecule has 2 N–H and O–H groups in total. The molecule has 2 saturated heterocycles.